The minimum Gasteiger partial charge on any atom is -0.458 e. The number of hydrogen-bond acceptors (Lipinski definition) is 5. The van der Waals surface area contributed by atoms with Gasteiger partial charge >= 0.3 is 5.97 Å². The molecule has 5 heteroatoms. The van der Waals surface area contributed by atoms with Crippen molar-refractivity contribution in [3.05, 3.63) is 47.1 Å². The highest BCUT2D eigenvalue weighted by molar-refractivity contribution is 5.70. The SMILES string of the molecule is C=C1[C@H](O)CC(=C/C=C2\CCC[C@]3(C)C([C@H](C)OC(=O)CCC(C)(C)O)=CC[C@@H]23)C[C@@H]1O. The number of ether oxygens (including phenoxy) is 1. The van der Waals surface area contributed by atoms with Gasteiger partial charge in [0, 0.05) is 6.42 Å². The van der Waals surface area contributed by atoms with E-state index in [9.17, 15) is 20.1 Å². The lowest BCUT2D eigenvalue weighted by Gasteiger charge is -2.42. The summed E-state index contributed by atoms with van der Waals surface area (Å²) in [4.78, 5) is 12.3. The maximum absolute atomic E-state index is 12.3. The topological polar surface area (TPSA) is 87.0 Å². The molecule has 178 valence electrons. The molecule has 0 aromatic carbocycles. The fourth-order valence-electron chi connectivity index (χ4n) is 5.63. The molecule has 5 nitrogen and oxygen atoms in total. The number of aliphatic hydroxyl groups is 3. The first-order valence-electron chi connectivity index (χ1n) is 12.0. The van der Waals surface area contributed by atoms with E-state index >= 15 is 0 Å². The highest BCUT2D eigenvalue weighted by atomic mass is 16.5. The summed E-state index contributed by atoms with van der Waals surface area (Å²) in [7, 11) is 0. The van der Waals surface area contributed by atoms with Crippen LogP contribution >= 0.6 is 0 Å². The number of aliphatic hydroxyl groups excluding tert-OH is 2. The van der Waals surface area contributed by atoms with Gasteiger partial charge in [0.05, 0.1) is 17.8 Å². The van der Waals surface area contributed by atoms with Crippen molar-refractivity contribution >= 4 is 5.97 Å². The zero-order valence-corrected chi connectivity index (χ0v) is 20.1. The van der Waals surface area contributed by atoms with E-state index in [2.05, 4.69) is 31.7 Å². The molecule has 3 N–H and O–H groups in total. The first-order chi connectivity index (χ1) is 14.9. The Balaban J connectivity index is 1.68. The van der Waals surface area contributed by atoms with Gasteiger partial charge in [0.15, 0.2) is 0 Å². The van der Waals surface area contributed by atoms with Crippen LogP contribution in [0.4, 0.5) is 0 Å². The molecule has 2 saturated carbocycles. The zero-order chi connectivity index (χ0) is 23.7. The maximum Gasteiger partial charge on any atom is 0.306 e. The van der Waals surface area contributed by atoms with Crippen LogP contribution in [0.2, 0.25) is 0 Å². The third-order valence-corrected chi connectivity index (χ3v) is 7.60. The first-order valence-corrected chi connectivity index (χ1v) is 12.0. The number of esters is 1. The second-order valence-electron chi connectivity index (χ2n) is 10.7. The summed E-state index contributed by atoms with van der Waals surface area (Å²) in [6, 6.07) is 0. The van der Waals surface area contributed by atoms with Crippen LogP contribution in [0.1, 0.15) is 79.1 Å². The summed E-state index contributed by atoms with van der Waals surface area (Å²) in [5.41, 5.74) is 3.26. The van der Waals surface area contributed by atoms with Crippen molar-refractivity contribution in [2.75, 3.05) is 0 Å². The van der Waals surface area contributed by atoms with Crippen molar-refractivity contribution in [1.82, 2.24) is 0 Å². The van der Waals surface area contributed by atoms with Crippen molar-refractivity contribution in [2.45, 2.75) is 103 Å². The third-order valence-electron chi connectivity index (χ3n) is 7.60. The van der Waals surface area contributed by atoms with E-state index in [0.29, 0.717) is 30.8 Å². The van der Waals surface area contributed by atoms with Crippen LogP contribution in [0, 0.1) is 11.3 Å². The van der Waals surface area contributed by atoms with Crippen LogP contribution in [0.15, 0.2) is 47.1 Å². The van der Waals surface area contributed by atoms with Gasteiger partial charge in [-0.15, -0.1) is 0 Å². The van der Waals surface area contributed by atoms with E-state index in [1.165, 1.54) is 11.1 Å². The van der Waals surface area contributed by atoms with Crippen molar-refractivity contribution < 1.29 is 24.9 Å². The third kappa shape index (κ3) is 5.62. The minimum atomic E-state index is -0.874. The largest absolute Gasteiger partial charge is 0.458 e. The maximum atomic E-state index is 12.3. The van der Waals surface area contributed by atoms with Crippen molar-refractivity contribution in [1.29, 1.82) is 0 Å². The van der Waals surface area contributed by atoms with Crippen LogP contribution in [0.25, 0.3) is 0 Å². The van der Waals surface area contributed by atoms with E-state index < -0.39 is 17.8 Å². The van der Waals surface area contributed by atoms with Gasteiger partial charge in [0.2, 0.25) is 0 Å². The Bertz CT molecular complexity index is 811. The van der Waals surface area contributed by atoms with Crippen molar-refractivity contribution in [3.8, 4) is 0 Å². The Labute approximate surface area is 192 Å². The van der Waals surface area contributed by atoms with Crippen LogP contribution in [0.5, 0.6) is 0 Å². The molecule has 0 amide bonds. The van der Waals surface area contributed by atoms with Gasteiger partial charge in [-0.05, 0) is 88.2 Å². The summed E-state index contributed by atoms with van der Waals surface area (Å²) in [6.45, 7) is 11.4. The lowest BCUT2D eigenvalue weighted by atomic mass is 9.63. The standard InChI is InChI=1S/C27H40O5/c1-17-23(28)15-19(16-24(17)29)8-9-20-7-6-13-27(5)21(10-11-22(20)27)18(2)32-25(30)12-14-26(3,4)31/h8-10,18,22-24,28-29,31H,1,6-7,11-16H2,2-5H3/b19-8?,20-9+/t18-,22-,23-,24+,27+/m0/s1. The fraction of sp³-hybridized carbons (Fsp3) is 0.667. The van der Waals surface area contributed by atoms with Crippen LogP contribution < -0.4 is 0 Å². The Morgan fingerprint density at radius 1 is 1.31 bits per heavy atom. The molecular weight excluding hydrogens is 404 g/mol. The zero-order valence-electron chi connectivity index (χ0n) is 20.1. The van der Waals surface area contributed by atoms with Gasteiger partial charge in [0.25, 0.3) is 0 Å². The molecule has 0 unspecified atom stereocenters. The van der Waals surface area contributed by atoms with E-state index in [4.69, 9.17) is 4.74 Å². The van der Waals surface area contributed by atoms with Gasteiger partial charge < -0.3 is 20.1 Å². The molecule has 0 saturated heterocycles. The number of carbonyl (C=O) groups excluding carboxylic acids is 1. The van der Waals surface area contributed by atoms with E-state index in [1.54, 1.807) is 13.8 Å². The fourth-order valence-corrected chi connectivity index (χ4v) is 5.63. The van der Waals surface area contributed by atoms with Gasteiger partial charge in [0.1, 0.15) is 6.10 Å². The second-order valence-corrected chi connectivity index (χ2v) is 10.7. The van der Waals surface area contributed by atoms with E-state index in [1.807, 2.05) is 6.92 Å². The summed E-state index contributed by atoms with van der Waals surface area (Å²) in [5.74, 6) is 0.119. The van der Waals surface area contributed by atoms with Crippen molar-refractivity contribution in [2.24, 2.45) is 11.3 Å². The summed E-state index contributed by atoms with van der Waals surface area (Å²) in [6.07, 6.45) is 10.7. The molecule has 3 aliphatic carbocycles. The minimum absolute atomic E-state index is 0.0294. The Morgan fingerprint density at radius 2 is 1.97 bits per heavy atom. The van der Waals surface area contributed by atoms with Gasteiger partial charge in [-0.3, -0.25) is 4.79 Å². The van der Waals surface area contributed by atoms with Gasteiger partial charge in [-0.25, -0.2) is 0 Å². The highest BCUT2D eigenvalue weighted by Gasteiger charge is 2.47. The summed E-state index contributed by atoms with van der Waals surface area (Å²) >= 11 is 0. The van der Waals surface area contributed by atoms with E-state index in [0.717, 1.165) is 31.3 Å². The summed E-state index contributed by atoms with van der Waals surface area (Å²) in [5, 5.41) is 30.1. The lowest BCUT2D eigenvalue weighted by Crippen LogP contribution is -2.35. The van der Waals surface area contributed by atoms with Gasteiger partial charge in [-0.2, -0.15) is 0 Å². The lowest BCUT2D eigenvalue weighted by molar-refractivity contribution is -0.148. The molecule has 32 heavy (non-hydrogen) atoms. The normalized spacial score (nSPS) is 34.4. The smallest absolute Gasteiger partial charge is 0.306 e. The predicted octanol–water partition coefficient (Wildman–Crippen LogP) is 4.53. The molecule has 0 aromatic heterocycles. The molecule has 0 aromatic rings. The average Bonchev–Trinajstić information content (AvgIpc) is 3.06. The monoisotopic (exact) mass is 444 g/mol. The quantitative estimate of drug-likeness (QED) is 0.414. The van der Waals surface area contributed by atoms with Crippen molar-refractivity contribution in [3.63, 3.8) is 0 Å². The molecule has 0 heterocycles. The number of hydrogen-bond donors (Lipinski definition) is 3. The number of fused-ring (bicyclic) bond motifs is 1. The molecule has 0 spiro atoms. The highest BCUT2D eigenvalue weighted by Crippen LogP contribution is 2.55. The predicted molar refractivity (Wildman–Crippen MR) is 126 cm³/mol. The Kier molecular flexibility index (Phi) is 7.53. The average molecular weight is 445 g/mol. The molecule has 2 fully saturated rings. The molecule has 0 bridgehead atoms. The Hall–Kier alpha value is -1.69. The Morgan fingerprint density at radius 3 is 2.59 bits per heavy atom. The van der Waals surface area contributed by atoms with Gasteiger partial charge in [-0.1, -0.05) is 42.9 Å². The number of allylic oxidation sites excluding steroid dienone is 4. The molecular formula is C27H40O5. The second kappa shape index (κ2) is 9.66. The molecule has 3 rings (SSSR count). The van der Waals surface area contributed by atoms with Crippen LogP contribution in [-0.4, -0.2) is 45.2 Å². The molecule has 3 aliphatic rings. The van der Waals surface area contributed by atoms with Crippen LogP contribution in [-0.2, 0) is 9.53 Å². The number of rotatable bonds is 6. The van der Waals surface area contributed by atoms with E-state index in [-0.39, 0.29) is 23.9 Å². The number of carbonyl (C=O) groups is 1. The first kappa shape index (κ1) is 24.9. The summed E-state index contributed by atoms with van der Waals surface area (Å²) < 4.78 is 5.75. The molecule has 0 aliphatic heterocycles. The van der Waals surface area contributed by atoms with Crippen LogP contribution in [0.3, 0.4) is 0 Å². The molecule has 0 radical (unpaired) electrons. The molecule has 5 atom stereocenters.